The molecule has 0 atom stereocenters. The molecule has 0 aliphatic rings. The van der Waals surface area contributed by atoms with Crippen molar-refractivity contribution in [1.29, 1.82) is 0 Å². The summed E-state index contributed by atoms with van der Waals surface area (Å²) in [5, 5.41) is 17.2. The summed E-state index contributed by atoms with van der Waals surface area (Å²) in [7, 11) is 0. The molecular weight excluding hydrogens is 718 g/mol. The maximum Gasteiger partial charge on any atom is 0.287 e. The van der Waals surface area contributed by atoms with Crippen molar-refractivity contribution in [2.45, 2.75) is 13.8 Å². The maximum atomic E-state index is 13.1. The fourth-order valence-corrected chi connectivity index (χ4v) is 5.55. The molecule has 3 N–H and O–H groups in total. The monoisotopic (exact) mass is 742 g/mol. The van der Waals surface area contributed by atoms with Crippen LogP contribution in [0.4, 0.5) is 5.69 Å². The summed E-state index contributed by atoms with van der Waals surface area (Å²) in [6.07, 6.45) is 2.92. The molecular formula is C27H25ClI2N4O3. The topological polar surface area (TPSA) is 94.0 Å². The molecule has 0 saturated carbocycles. The van der Waals surface area contributed by atoms with E-state index in [-0.39, 0.29) is 22.0 Å². The third kappa shape index (κ3) is 7.92. The first-order chi connectivity index (χ1) is 17.7. The van der Waals surface area contributed by atoms with Gasteiger partial charge < -0.3 is 15.3 Å². The molecule has 0 unspecified atom stereocenters. The lowest BCUT2D eigenvalue weighted by atomic mass is 10.1. The second-order valence-corrected chi connectivity index (χ2v) is 10.6. The number of anilines is 1. The summed E-state index contributed by atoms with van der Waals surface area (Å²) in [4.78, 5) is 28.2. The predicted octanol–water partition coefficient (Wildman–Crippen LogP) is 6.02. The number of carbonyl (C=O) groups is 2. The molecule has 0 aromatic heterocycles. The summed E-state index contributed by atoms with van der Waals surface area (Å²) >= 11 is 10.3. The smallest absolute Gasteiger partial charge is 0.287 e. The number of hydrazone groups is 1. The lowest BCUT2D eigenvalue weighted by molar-refractivity contribution is -0.117. The van der Waals surface area contributed by atoms with E-state index in [4.69, 9.17) is 11.6 Å². The Morgan fingerprint density at radius 1 is 1.05 bits per heavy atom. The quantitative estimate of drug-likeness (QED) is 0.108. The number of halogens is 3. The molecule has 3 aromatic rings. The van der Waals surface area contributed by atoms with Crippen LogP contribution < -0.4 is 15.6 Å². The van der Waals surface area contributed by atoms with Crippen molar-refractivity contribution in [1.82, 2.24) is 10.7 Å². The number of nitrogens with one attached hydrogen (secondary N) is 2. The fraction of sp³-hybridized carbons (Fsp3) is 0.148. The van der Waals surface area contributed by atoms with Crippen LogP contribution in [0.1, 0.15) is 35.3 Å². The Balaban J connectivity index is 1.88. The molecule has 0 saturated heterocycles. The molecule has 37 heavy (non-hydrogen) atoms. The summed E-state index contributed by atoms with van der Waals surface area (Å²) in [5.74, 6) is -1.10. The Morgan fingerprint density at radius 3 is 2.38 bits per heavy atom. The number of phenolic OH excluding ortho intramolecular Hbond substituents is 1. The number of carbonyl (C=O) groups excluding carboxylic acids is 2. The van der Waals surface area contributed by atoms with E-state index in [1.807, 2.05) is 52.9 Å². The average Bonchev–Trinajstić information content (AvgIpc) is 2.88. The van der Waals surface area contributed by atoms with Crippen molar-refractivity contribution < 1.29 is 14.7 Å². The molecule has 3 aromatic carbocycles. The van der Waals surface area contributed by atoms with Crippen LogP contribution in [0.3, 0.4) is 0 Å². The standard InChI is InChI=1S/C27H25ClI2N4O3/c1-3-34(4-2)20-11-9-17(10-12-20)13-24(32-26(36)21-7-5-6-8-22(21)28)27(37)33-31-16-18-14-19(29)15-23(30)25(18)35/h5-16,35H,3-4H2,1-2H3,(H,32,36)(H,33,37)/b24-13?,31-16+. The Bertz CT molecular complexity index is 1340. The molecule has 0 aliphatic heterocycles. The number of hydrogen-bond donors (Lipinski definition) is 3. The molecule has 10 heteroatoms. The van der Waals surface area contributed by atoms with Crippen LogP contribution in [0, 0.1) is 7.14 Å². The van der Waals surface area contributed by atoms with Gasteiger partial charge in [0.15, 0.2) is 0 Å². The highest BCUT2D eigenvalue weighted by atomic mass is 127. The van der Waals surface area contributed by atoms with Crippen LogP contribution in [0.15, 0.2) is 71.5 Å². The summed E-state index contributed by atoms with van der Waals surface area (Å²) in [6, 6.07) is 17.8. The molecule has 2 amide bonds. The Kier molecular flexibility index (Phi) is 10.8. The van der Waals surface area contributed by atoms with Crippen molar-refractivity contribution >= 4 is 86.6 Å². The normalized spacial score (nSPS) is 11.4. The summed E-state index contributed by atoms with van der Waals surface area (Å²) < 4.78 is 1.58. The lowest BCUT2D eigenvalue weighted by Gasteiger charge is -2.21. The van der Waals surface area contributed by atoms with Gasteiger partial charge in [0.25, 0.3) is 11.8 Å². The molecule has 0 fully saturated rings. The van der Waals surface area contributed by atoms with E-state index in [9.17, 15) is 14.7 Å². The van der Waals surface area contributed by atoms with Crippen LogP contribution in [-0.4, -0.2) is 36.2 Å². The number of benzene rings is 3. The minimum atomic E-state index is -0.635. The number of nitrogens with zero attached hydrogens (tertiary/aromatic N) is 2. The summed E-state index contributed by atoms with van der Waals surface area (Å²) in [5.41, 5.74) is 4.88. The van der Waals surface area contributed by atoms with Crippen LogP contribution >= 0.6 is 56.8 Å². The summed E-state index contributed by atoms with van der Waals surface area (Å²) in [6.45, 7) is 5.92. The number of hydrogen-bond acceptors (Lipinski definition) is 5. The van der Waals surface area contributed by atoms with Gasteiger partial charge >= 0.3 is 0 Å². The first-order valence-electron chi connectivity index (χ1n) is 11.4. The van der Waals surface area contributed by atoms with E-state index in [0.29, 0.717) is 14.7 Å². The van der Waals surface area contributed by atoms with Gasteiger partial charge in [0.1, 0.15) is 11.4 Å². The second-order valence-electron chi connectivity index (χ2n) is 7.78. The van der Waals surface area contributed by atoms with Gasteiger partial charge in [0.05, 0.1) is 20.4 Å². The van der Waals surface area contributed by atoms with E-state index in [1.54, 1.807) is 36.4 Å². The van der Waals surface area contributed by atoms with Crippen LogP contribution in [0.2, 0.25) is 5.02 Å². The molecule has 0 heterocycles. The van der Waals surface area contributed by atoms with E-state index < -0.39 is 11.8 Å². The molecule has 0 spiro atoms. The van der Waals surface area contributed by atoms with Gasteiger partial charge in [-0.05, 0) is 107 Å². The molecule has 0 bridgehead atoms. The zero-order valence-corrected chi connectivity index (χ0v) is 25.2. The predicted molar refractivity (Wildman–Crippen MR) is 166 cm³/mol. The van der Waals surface area contributed by atoms with E-state index in [2.05, 4.69) is 57.2 Å². The average molecular weight is 743 g/mol. The van der Waals surface area contributed by atoms with E-state index >= 15 is 0 Å². The Hall–Kier alpha value is -2.64. The van der Waals surface area contributed by atoms with Gasteiger partial charge in [-0.25, -0.2) is 5.43 Å². The van der Waals surface area contributed by atoms with E-state index in [1.165, 1.54) is 6.21 Å². The van der Waals surface area contributed by atoms with Gasteiger partial charge in [0.2, 0.25) is 0 Å². The first kappa shape index (κ1) is 28.9. The highest BCUT2D eigenvalue weighted by Crippen LogP contribution is 2.25. The van der Waals surface area contributed by atoms with Gasteiger partial charge in [-0.3, -0.25) is 9.59 Å². The second kappa shape index (κ2) is 13.8. The minimum Gasteiger partial charge on any atom is -0.506 e. The molecule has 3 rings (SSSR count). The van der Waals surface area contributed by atoms with Crippen molar-refractivity contribution in [2.75, 3.05) is 18.0 Å². The van der Waals surface area contributed by atoms with Gasteiger partial charge in [0, 0.05) is 27.9 Å². The number of aromatic hydroxyl groups is 1. The molecule has 0 radical (unpaired) electrons. The largest absolute Gasteiger partial charge is 0.506 e. The van der Waals surface area contributed by atoms with Gasteiger partial charge in [-0.2, -0.15) is 5.10 Å². The third-order valence-electron chi connectivity index (χ3n) is 5.37. The van der Waals surface area contributed by atoms with Crippen molar-refractivity contribution in [3.8, 4) is 5.75 Å². The van der Waals surface area contributed by atoms with Crippen molar-refractivity contribution in [3.63, 3.8) is 0 Å². The lowest BCUT2D eigenvalue weighted by Crippen LogP contribution is -2.33. The Morgan fingerprint density at radius 2 is 1.73 bits per heavy atom. The zero-order chi connectivity index (χ0) is 26.9. The van der Waals surface area contributed by atoms with Crippen molar-refractivity contribution in [2.24, 2.45) is 5.10 Å². The van der Waals surface area contributed by atoms with Gasteiger partial charge in [-0.1, -0.05) is 35.9 Å². The number of phenols is 1. The zero-order valence-electron chi connectivity index (χ0n) is 20.1. The number of amides is 2. The van der Waals surface area contributed by atoms with Crippen LogP contribution in [-0.2, 0) is 4.79 Å². The van der Waals surface area contributed by atoms with Crippen molar-refractivity contribution in [3.05, 3.63) is 95.2 Å². The maximum absolute atomic E-state index is 13.1. The fourth-order valence-electron chi connectivity index (χ4n) is 3.44. The molecule has 7 nitrogen and oxygen atoms in total. The molecule has 0 aliphatic carbocycles. The number of rotatable bonds is 9. The van der Waals surface area contributed by atoms with Crippen LogP contribution in [0.25, 0.3) is 6.08 Å². The Labute approximate surface area is 248 Å². The third-order valence-corrected chi connectivity index (χ3v) is 7.15. The first-order valence-corrected chi connectivity index (χ1v) is 13.9. The van der Waals surface area contributed by atoms with Crippen LogP contribution in [0.5, 0.6) is 5.75 Å². The highest BCUT2D eigenvalue weighted by Gasteiger charge is 2.16. The highest BCUT2D eigenvalue weighted by molar-refractivity contribution is 14.1. The SMILES string of the molecule is CCN(CC)c1ccc(C=C(NC(=O)c2ccccc2Cl)C(=O)N/N=C/c2cc(I)cc(I)c2O)cc1. The van der Waals surface area contributed by atoms with Gasteiger partial charge in [-0.15, -0.1) is 0 Å². The minimum absolute atomic E-state index is 0.0147. The molecule has 192 valence electrons. The van der Waals surface area contributed by atoms with E-state index in [0.717, 1.165) is 22.3 Å².